The summed E-state index contributed by atoms with van der Waals surface area (Å²) in [5.41, 5.74) is 0.473. The summed E-state index contributed by atoms with van der Waals surface area (Å²) < 4.78 is 0. The van der Waals surface area contributed by atoms with Crippen molar-refractivity contribution in [2.75, 3.05) is 5.32 Å². The summed E-state index contributed by atoms with van der Waals surface area (Å²) in [6, 6.07) is 8.06. The molecule has 1 heterocycles. The minimum absolute atomic E-state index is 0.473. The van der Waals surface area contributed by atoms with Gasteiger partial charge in [0.05, 0.1) is 0 Å². The van der Waals surface area contributed by atoms with E-state index in [0.29, 0.717) is 11.7 Å². The molecule has 0 spiro atoms. The summed E-state index contributed by atoms with van der Waals surface area (Å²) in [4.78, 5) is 4.25. The third-order valence-electron chi connectivity index (χ3n) is 2.76. The molecule has 1 atom stereocenters. The number of anilines is 1. The van der Waals surface area contributed by atoms with Gasteiger partial charge in [-0.3, -0.25) is 0 Å². The molecule has 0 radical (unpaired) electrons. The van der Waals surface area contributed by atoms with Gasteiger partial charge in [0.25, 0.3) is 0 Å². The van der Waals surface area contributed by atoms with Crippen LogP contribution < -0.4 is 5.32 Å². The normalized spacial score (nSPS) is 11.8. The lowest BCUT2D eigenvalue weighted by atomic mass is 10.1. The molecular formula is C14H21N3. The Morgan fingerprint density at radius 2 is 2.12 bits per heavy atom. The highest BCUT2D eigenvalue weighted by molar-refractivity contribution is 5.39. The molecule has 1 aromatic rings. The van der Waals surface area contributed by atoms with Crippen molar-refractivity contribution in [2.24, 2.45) is 0 Å². The maximum absolute atomic E-state index is 8.80. The first kappa shape index (κ1) is 13.5. The number of unbranched alkanes of at least 4 members (excludes halogenated alkanes) is 1. The lowest BCUT2D eigenvalue weighted by Crippen LogP contribution is -2.20. The van der Waals surface area contributed by atoms with Crippen LogP contribution in [0, 0.1) is 11.3 Å². The zero-order chi connectivity index (χ0) is 12.5. The van der Waals surface area contributed by atoms with Crippen LogP contribution in [-0.4, -0.2) is 11.0 Å². The van der Waals surface area contributed by atoms with E-state index in [9.17, 15) is 0 Å². The van der Waals surface area contributed by atoms with E-state index in [1.54, 1.807) is 6.07 Å². The third kappa shape index (κ3) is 4.86. The largest absolute Gasteiger partial charge is 0.367 e. The van der Waals surface area contributed by atoms with Crippen LogP contribution in [-0.2, 0) is 0 Å². The van der Waals surface area contributed by atoms with Gasteiger partial charge in [-0.2, -0.15) is 5.26 Å². The monoisotopic (exact) mass is 231 g/mol. The Kier molecular flexibility index (Phi) is 6.09. The van der Waals surface area contributed by atoms with Crippen molar-refractivity contribution in [2.45, 2.75) is 52.0 Å². The number of nitrogens with one attached hydrogen (secondary N) is 1. The Labute approximate surface area is 104 Å². The van der Waals surface area contributed by atoms with Gasteiger partial charge in [-0.25, -0.2) is 4.98 Å². The van der Waals surface area contributed by atoms with Gasteiger partial charge in [-0.15, -0.1) is 0 Å². The summed E-state index contributed by atoms with van der Waals surface area (Å²) >= 11 is 0. The van der Waals surface area contributed by atoms with E-state index in [4.69, 9.17) is 5.26 Å². The van der Waals surface area contributed by atoms with Crippen molar-refractivity contribution < 1.29 is 0 Å². The van der Waals surface area contributed by atoms with Crippen molar-refractivity contribution in [3.63, 3.8) is 0 Å². The fourth-order valence-corrected chi connectivity index (χ4v) is 1.87. The van der Waals surface area contributed by atoms with Gasteiger partial charge in [0.1, 0.15) is 17.6 Å². The molecule has 3 nitrogen and oxygen atoms in total. The highest BCUT2D eigenvalue weighted by Gasteiger charge is 2.07. The van der Waals surface area contributed by atoms with Gasteiger partial charge in [0.15, 0.2) is 0 Å². The molecule has 1 aromatic heterocycles. The molecule has 92 valence electrons. The Hall–Kier alpha value is -1.56. The zero-order valence-corrected chi connectivity index (χ0v) is 10.7. The Bertz CT molecular complexity index is 368. The minimum atomic E-state index is 0.473. The second-order valence-electron chi connectivity index (χ2n) is 4.29. The van der Waals surface area contributed by atoms with Crippen LogP contribution in [0.5, 0.6) is 0 Å². The Morgan fingerprint density at radius 1 is 1.29 bits per heavy atom. The summed E-state index contributed by atoms with van der Waals surface area (Å²) in [7, 11) is 0. The van der Waals surface area contributed by atoms with Crippen molar-refractivity contribution in [3.8, 4) is 6.07 Å². The third-order valence-corrected chi connectivity index (χ3v) is 2.76. The summed E-state index contributed by atoms with van der Waals surface area (Å²) in [5.74, 6) is 0.818. The Morgan fingerprint density at radius 3 is 2.76 bits per heavy atom. The van der Waals surface area contributed by atoms with Crippen LogP contribution in [0.4, 0.5) is 5.82 Å². The van der Waals surface area contributed by atoms with E-state index in [-0.39, 0.29) is 0 Å². The van der Waals surface area contributed by atoms with Crippen molar-refractivity contribution in [3.05, 3.63) is 23.9 Å². The van der Waals surface area contributed by atoms with E-state index in [2.05, 4.69) is 30.2 Å². The number of hydrogen-bond acceptors (Lipinski definition) is 3. The first-order valence-corrected chi connectivity index (χ1v) is 6.43. The molecule has 0 aliphatic carbocycles. The molecule has 1 unspecified atom stereocenters. The van der Waals surface area contributed by atoms with Crippen LogP contribution in [0.15, 0.2) is 18.2 Å². The van der Waals surface area contributed by atoms with Crippen LogP contribution in [0.2, 0.25) is 0 Å². The standard InChI is InChI=1S/C14H21N3/c1-3-5-8-12(7-4-2)16-14-10-6-9-13(11-15)17-14/h6,9-10,12H,3-5,7-8H2,1-2H3,(H,16,17). The van der Waals surface area contributed by atoms with Gasteiger partial charge in [-0.1, -0.05) is 39.2 Å². The molecule has 1 rings (SSSR count). The zero-order valence-electron chi connectivity index (χ0n) is 10.7. The molecule has 3 heteroatoms. The van der Waals surface area contributed by atoms with Gasteiger partial charge in [-0.05, 0) is 25.0 Å². The van der Waals surface area contributed by atoms with Crippen molar-refractivity contribution in [1.29, 1.82) is 5.26 Å². The van der Waals surface area contributed by atoms with E-state index in [1.807, 2.05) is 12.1 Å². The highest BCUT2D eigenvalue weighted by Crippen LogP contribution is 2.13. The lowest BCUT2D eigenvalue weighted by Gasteiger charge is -2.18. The number of nitriles is 1. The predicted octanol–water partition coefficient (Wildman–Crippen LogP) is 3.72. The smallest absolute Gasteiger partial charge is 0.142 e. The maximum atomic E-state index is 8.80. The molecule has 1 N–H and O–H groups in total. The summed E-state index contributed by atoms with van der Waals surface area (Å²) in [6.45, 7) is 4.40. The van der Waals surface area contributed by atoms with E-state index >= 15 is 0 Å². The molecule has 0 fully saturated rings. The van der Waals surface area contributed by atoms with E-state index < -0.39 is 0 Å². The number of rotatable bonds is 7. The predicted molar refractivity (Wildman–Crippen MR) is 70.8 cm³/mol. The van der Waals surface area contributed by atoms with Gasteiger partial charge in [0, 0.05) is 6.04 Å². The SMILES string of the molecule is CCCCC(CCC)Nc1cccc(C#N)n1. The van der Waals surface area contributed by atoms with E-state index in [1.165, 1.54) is 25.7 Å². The molecule has 0 saturated heterocycles. The molecule has 0 aliphatic heterocycles. The Balaban J connectivity index is 2.61. The van der Waals surface area contributed by atoms with Crippen molar-refractivity contribution >= 4 is 5.82 Å². The van der Waals surface area contributed by atoms with E-state index in [0.717, 1.165) is 12.2 Å². The summed E-state index contributed by atoms with van der Waals surface area (Å²) in [5, 5.41) is 12.2. The average molecular weight is 231 g/mol. The molecule has 0 saturated carbocycles. The number of pyridine rings is 1. The number of nitrogens with zero attached hydrogens (tertiary/aromatic N) is 2. The van der Waals surface area contributed by atoms with Crippen molar-refractivity contribution in [1.82, 2.24) is 4.98 Å². The number of aromatic nitrogens is 1. The molecule has 17 heavy (non-hydrogen) atoms. The topological polar surface area (TPSA) is 48.7 Å². The van der Waals surface area contributed by atoms with Crippen LogP contribution in [0.25, 0.3) is 0 Å². The summed E-state index contributed by atoms with van der Waals surface area (Å²) in [6.07, 6.45) is 5.93. The van der Waals surface area contributed by atoms with Crippen LogP contribution >= 0.6 is 0 Å². The van der Waals surface area contributed by atoms with Crippen LogP contribution in [0.3, 0.4) is 0 Å². The highest BCUT2D eigenvalue weighted by atomic mass is 15.0. The number of hydrogen-bond donors (Lipinski definition) is 1. The van der Waals surface area contributed by atoms with Gasteiger partial charge in [0.2, 0.25) is 0 Å². The maximum Gasteiger partial charge on any atom is 0.142 e. The van der Waals surface area contributed by atoms with Gasteiger partial charge < -0.3 is 5.32 Å². The fourth-order valence-electron chi connectivity index (χ4n) is 1.87. The quantitative estimate of drug-likeness (QED) is 0.778. The lowest BCUT2D eigenvalue weighted by molar-refractivity contribution is 0.563. The van der Waals surface area contributed by atoms with Crippen LogP contribution in [0.1, 0.15) is 51.6 Å². The molecule has 0 bridgehead atoms. The molecular weight excluding hydrogens is 210 g/mol. The fraction of sp³-hybridized carbons (Fsp3) is 0.571. The first-order valence-electron chi connectivity index (χ1n) is 6.43. The average Bonchev–Trinajstić information content (AvgIpc) is 2.36. The molecule has 0 aromatic carbocycles. The minimum Gasteiger partial charge on any atom is -0.367 e. The second-order valence-corrected chi connectivity index (χ2v) is 4.29. The molecule has 0 aliphatic rings. The van der Waals surface area contributed by atoms with Gasteiger partial charge >= 0.3 is 0 Å². The first-order chi connectivity index (χ1) is 8.30. The molecule has 0 amide bonds. The second kappa shape index (κ2) is 7.67.